The Balaban J connectivity index is 2.47. The number of rotatable bonds is 1. The number of pyridine rings is 1. The minimum absolute atomic E-state index is 0.326. The predicted molar refractivity (Wildman–Crippen MR) is 74.8 cm³/mol. The molecule has 4 heteroatoms. The zero-order valence-corrected chi connectivity index (χ0v) is 11.0. The monoisotopic (exact) mass is 254 g/mol. The van der Waals surface area contributed by atoms with Crippen LogP contribution in [0.5, 0.6) is 0 Å². The van der Waals surface area contributed by atoms with E-state index in [1.165, 1.54) is 0 Å². The molecule has 2 N–H and O–H groups in total. The van der Waals surface area contributed by atoms with E-state index in [9.17, 15) is 4.79 Å². The van der Waals surface area contributed by atoms with Gasteiger partial charge in [-0.3, -0.25) is 0 Å². The maximum Gasteiger partial charge on any atom is 0.336 e. The van der Waals surface area contributed by atoms with Crippen molar-refractivity contribution in [1.29, 1.82) is 0 Å². The fourth-order valence-corrected chi connectivity index (χ4v) is 2.45. The lowest BCUT2D eigenvalue weighted by Crippen LogP contribution is -1.99. The number of aromatic amines is 1. The van der Waals surface area contributed by atoms with Crippen LogP contribution in [0, 0.1) is 20.8 Å². The van der Waals surface area contributed by atoms with E-state index in [4.69, 9.17) is 5.11 Å². The predicted octanol–water partition coefficient (Wildman–Crippen LogP) is 3.34. The number of nitrogens with zero attached hydrogens (tertiary/aromatic N) is 1. The first kappa shape index (κ1) is 11.7. The average Bonchev–Trinajstić information content (AvgIpc) is 2.69. The van der Waals surface area contributed by atoms with Crippen LogP contribution in [0.1, 0.15) is 27.2 Å². The molecule has 0 saturated heterocycles. The maximum atomic E-state index is 11.2. The summed E-state index contributed by atoms with van der Waals surface area (Å²) in [6.45, 7) is 5.82. The number of H-pyrrole nitrogens is 1. The molecular weight excluding hydrogens is 240 g/mol. The highest BCUT2D eigenvalue weighted by Gasteiger charge is 2.14. The Labute approximate surface area is 110 Å². The van der Waals surface area contributed by atoms with E-state index in [0.717, 1.165) is 38.8 Å². The third kappa shape index (κ3) is 1.60. The quantitative estimate of drug-likeness (QED) is 0.700. The summed E-state index contributed by atoms with van der Waals surface area (Å²) in [6.07, 6.45) is 0. The van der Waals surface area contributed by atoms with E-state index in [-0.39, 0.29) is 0 Å². The molecule has 0 aliphatic heterocycles. The van der Waals surface area contributed by atoms with Crippen LogP contribution in [0.15, 0.2) is 18.2 Å². The van der Waals surface area contributed by atoms with Gasteiger partial charge in [0.2, 0.25) is 0 Å². The van der Waals surface area contributed by atoms with Gasteiger partial charge in [-0.1, -0.05) is 6.07 Å². The summed E-state index contributed by atoms with van der Waals surface area (Å²) < 4.78 is 0. The molecule has 1 aromatic carbocycles. The average molecular weight is 254 g/mol. The standard InChI is InChI=1S/C15H14N2O2/c1-7-6-12-11-5-4-10(15(18)19)8(2)13(11)17-14(12)16-9(7)3/h4-6H,1-3H3,(H,16,17)(H,18,19). The van der Waals surface area contributed by atoms with E-state index < -0.39 is 5.97 Å². The minimum Gasteiger partial charge on any atom is -0.478 e. The highest BCUT2D eigenvalue weighted by molar-refractivity contribution is 6.09. The third-order valence-corrected chi connectivity index (χ3v) is 3.70. The van der Waals surface area contributed by atoms with Gasteiger partial charge in [0.15, 0.2) is 0 Å². The van der Waals surface area contributed by atoms with E-state index in [2.05, 4.69) is 16.0 Å². The zero-order valence-electron chi connectivity index (χ0n) is 11.0. The molecule has 0 aliphatic carbocycles. The van der Waals surface area contributed by atoms with Gasteiger partial charge >= 0.3 is 5.97 Å². The van der Waals surface area contributed by atoms with Crippen LogP contribution in [0.4, 0.5) is 0 Å². The van der Waals surface area contributed by atoms with Crippen molar-refractivity contribution < 1.29 is 9.90 Å². The number of aromatic nitrogens is 2. The number of benzene rings is 1. The summed E-state index contributed by atoms with van der Waals surface area (Å²) in [5.74, 6) is -0.904. The van der Waals surface area contributed by atoms with Crippen molar-refractivity contribution in [3.63, 3.8) is 0 Å². The van der Waals surface area contributed by atoms with Gasteiger partial charge in [0.05, 0.1) is 11.1 Å². The summed E-state index contributed by atoms with van der Waals surface area (Å²) >= 11 is 0. The van der Waals surface area contributed by atoms with Gasteiger partial charge in [0.25, 0.3) is 0 Å². The van der Waals surface area contributed by atoms with Crippen molar-refractivity contribution in [3.05, 3.63) is 40.6 Å². The number of carboxylic acid groups (broad SMARTS) is 1. The minimum atomic E-state index is -0.904. The van der Waals surface area contributed by atoms with E-state index >= 15 is 0 Å². The Morgan fingerprint density at radius 3 is 2.63 bits per heavy atom. The molecule has 4 nitrogen and oxygen atoms in total. The van der Waals surface area contributed by atoms with E-state index in [1.54, 1.807) is 6.07 Å². The second-order valence-corrected chi connectivity index (χ2v) is 4.88. The molecule has 0 saturated carbocycles. The van der Waals surface area contributed by atoms with Crippen LogP contribution in [-0.4, -0.2) is 21.0 Å². The summed E-state index contributed by atoms with van der Waals surface area (Å²) in [5, 5.41) is 11.2. The Bertz CT molecular complexity index is 831. The fourth-order valence-electron chi connectivity index (χ4n) is 2.45. The van der Waals surface area contributed by atoms with Gasteiger partial charge in [-0.25, -0.2) is 9.78 Å². The first-order chi connectivity index (χ1) is 8.99. The number of hydrogen-bond donors (Lipinski definition) is 2. The number of carboxylic acids is 1. The molecule has 0 radical (unpaired) electrons. The summed E-state index contributed by atoms with van der Waals surface area (Å²) in [6, 6.07) is 5.60. The lowest BCUT2D eigenvalue weighted by Gasteiger charge is -2.01. The number of aromatic carboxylic acids is 1. The summed E-state index contributed by atoms with van der Waals surface area (Å²) in [7, 11) is 0. The van der Waals surface area contributed by atoms with Crippen LogP contribution < -0.4 is 0 Å². The Morgan fingerprint density at radius 2 is 1.95 bits per heavy atom. The smallest absolute Gasteiger partial charge is 0.336 e. The van der Waals surface area contributed by atoms with Crippen molar-refractivity contribution in [2.24, 2.45) is 0 Å². The third-order valence-electron chi connectivity index (χ3n) is 3.70. The molecule has 3 rings (SSSR count). The first-order valence-electron chi connectivity index (χ1n) is 6.11. The summed E-state index contributed by atoms with van der Waals surface area (Å²) in [5.41, 5.74) is 4.85. The van der Waals surface area contributed by atoms with Crippen molar-refractivity contribution in [2.45, 2.75) is 20.8 Å². The number of hydrogen-bond acceptors (Lipinski definition) is 2. The Kier molecular flexibility index (Phi) is 2.35. The molecular formula is C15H14N2O2. The SMILES string of the molecule is Cc1cc2c(nc1C)[nH]c1c(C)c(C(=O)O)ccc12. The van der Waals surface area contributed by atoms with E-state index in [1.807, 2.05) is 26.8 Å². The molecule has 0 spiro atoms. The summed E-state index contributed by atoms with van der Waals surface area (Å²) in [4.78, 5) is 18.9. The van der Waals surface area contributed by atoms with Crippen LogP contribution in [0.3, 0.4) is 0 Å². The Hall–Kier alpha value is -2.36. The van der Waals surface area contributed by atoms with Crippen LogP contribution in [0.25, 0.3) is 21.9 Å². The Morgan fingerprint density at radius 1 is 1.21 bits per heavy atom. The number of carbonyl (C=O) groups is 1. The second-order valence-electron chi connectivity index (χ2n) is 4.88. The molecule has 96 valence electrons. The number of nitrogens with one attached hydrogen (secondary N) is 1. The zero-order chi connectivity index (χ0) is 13.7. The van der Waals surface area contributed by atoms with Gasteiger partial charge in [0.1, 0.15) is 5.65 Å². The number of aryl methyl sites for hydroxylation is 3. The van der Waals surface area contributed by atoms with Crippen LogP contribution in [-0.2, 0) is 0 Å². The van der Waals surface area contributed by atoms with Gasteiger partial charge < -0.3 is 10.1 Å². The molecule has 19 heavy (non-hydrogen) atoms. The molecule has 0 amide bonds. The van der Waals surface area contributed by atoms with E-state index in [0.29, 0.717) is 5.56 Å². The normalized spacial score (nSPS) is 11.3. The van der Waals surface area contributed by atoms with Gasteiger partial charge in [-0.15, -0.1) is 0 Å². The second kappa shape index (κ2) is 3.82. The lowest BCUT2D eigenvalue weighted by molar-refractivity contribution is 0.0696. The molecule has 0 atom stereocenters. The van der Waals surface area contributed by atoms with Gasteiger partial charge in [-0.05, 0) is 44.0 Å². The van der Waals surface area contributed by atoms with Crippen molar-refractivity contribution in [2.75, 3.05) is 0 Å². The first-order valence-corrected chi connectivity index (χ1v) is 6.11. The number of fused-ring (bicyclic) bond motifs is 3. The van der Waals surface area contributed by atoms with Crippen molar-refractivity contribution in [3.8, 4) is 0 Å². The molecule has 3 aromatic rings. The molecule has 0 unspecified atom stereocenters. The fraction of sp³-hybridized carbons (Fsp3) is 0.200. The molecule has 2 aromatic heterocycles. The molecule has 0 fully saturated rings. The van der Waals surface area contributed by atoms with Gasteiger partial charge in [-0.2, -0.15) is 0 Å². The molecule has 0 bridgehead atoms. The topological polar surface area (TPSA) is 66.0 Å². The van der Waals surface area contributed by atoms with Crippen LogP contribution in [0.2, 0.25) is 0 Å². The van der Waals surface area contributed by atoms with Crippen molar-refractivity contribution in [1.82, 2.24) is 9.97 Å². The largest absolute Gasteiger partial charge is 0.478 e. The lowest BCUT2D eigenvalue weighted by atomic mass is 10.0. The molecule has 2 heterocycles. The van der Waals surface area contributed by atoms with Crippen molar-refractivity contribution >= 4 is 27.9 Å². The van der Waals surface area contributed by atoms with Gasteiger partial charge in [0, 0.05) is 16.5 Å². The maximum absolute atomic E-state index is 11.2. The highest BCUT2D eigenvalue weighted by atomic mass is 16.4. The van der Waals surface area contributed by atoms with Crippen LogP contribution >= 0.6 is 0 Å². The molecule has 0 aliphatic rings. The highest BCUT2D eigenvalue weighted by Crippen LogP contribution is 2.29.